The fourth-order valence-electron chi connectivity index (χ4n) is 1.74. The fourth-order valence-corrected chi connectivity index (χ4v) is 1.74. The maximum absolute atomic E-state index is 13.1. The summed E-state index contributed by atoms with van der Waals surface area (Å²) in [6, 6.07) is 7.10. The van der Waals surface area contributed by atoms with Crippen molar-refractivity contribution in [1.82, 2.24) is 5.32 Å². The van der Waals surface area contributed by atoms with E-state index in [2.05, 4.69) is 24.1 Å². The fraction of sp³-hybridized carbons (Fsp3) is 0.467. The molecular weight excluding hydrogens is 213 g/mol. The highest BCUT2D eigenvalue weighted by Crippen LogP contribution is 2.08. The molecule has 0 bridgehead atoms. The number of benzene rings is 1. The van der Waals surface area contributed by atoms with Crippen molar-refractivity contribution in [1.29, 1.82) is 0 Å². The minimum absolute atomic E-state index is 0.168. The molecule has 0 heterocycles. The summed E-state index contributed by atoms with van der Waals surface area (Å²) in [6.07, 6.45) is 2.73. The second-order valence-electron chi connectivity index (χ2n) is 4.12. The molecule has 0 radical (unpaired) electrons. The summed E-state index contributed by atoms with van der Waals surface area (Å²) in [4.78, 5) is 0. The molecule has 0 amide bonds. The minimum atomic E-state index is -0.168. The Kier molecular flexibility index (Phi) is 6.35. The van der Waals surface area contributed by atoms with E-state index in [0.717, 1.165) is 31.4 Å². The van der Waals surface area contributed by atoms with Crippen LogP contribution in [0.4, 0.5) is 4.39 Å². The van der Waals surface area contributed by atoms with E-state index in [9.17, 15) is 4.39 Å². The second-order valence-corrected chi connectivity index (χ2v) is 4.12. The van der Waals surface area contributed by atoms with Crippen molar-refractivity contribution < 1.29 is 4.39 Å². The molecule has 1 unspecified atom stereocenters. The Labute approximate surface area is 103 Å². The van der Waals surface area contributed by atoms with E-state index in [0.29, 0.717) is 6.04 Å². The van der Waals surface area contributed by atoms with Crippen molar-refractivity contribution >= 4 is 0 Å². The highest BCUT2D eigenvalue weighted by molar-refractivity contribution is 5.18. The number of hydrogen-bond acceptors (Lipinski definition) is 1. The minimum Gasteiger partial charge on any atom is -0.313 e. The van der Waals surface area contributed by atoms with Crippen molar-refractivity contribution in [3.63, 3.8) is 0 Å². The van der Waals surface area contributed by atoms with Crippen LogP contribution in [0.5, 0.6) is 0 Å². The lowest BCUT2D eigenvalue weighted by atomic mass is 10.0. The predicted molar refractivity (Wildman–Crippen MR) is 70.3 cm³/mol. The third-order valence-corrected chi connectivity index (χ3v) is 2.58. The zero-order valence-electron chi connectivity index (χ0n) is 10.6. The first kappa shape index (κ1) is 13.7. The van der Waals surface area contributed by atoms with Gasteiger partial charge in [0.2, 0.25) is 0 Å². The second kappa shape index (κ2) is 7.86. The largest absolute Gasteiger partial charge is 0.313 e. The van der Waals surface area contributed by atoms with Gasteiger partial charge in [-0.1, -0.05) is 19.1 Å². The zero-order valence-corrected chi connectivity index (χ0v) is 10.6. The summed E-state index contributed by atoms with van der Waals surface area (Å²) in [5, 5.41) is 3.45. The lowest BCUT2D eigenvalue weighted by molar-refractivity contribution is 0.515. The molecule has 0 fully saturated rings. The van der Waals surface area contributed by atoms with Crippen molar-refractivity contribution in [3.05, 3.63) is 35.6 Å². The molecule has 17 heavy (non-hydrogen) atoms. The van der Waals surface area contributed by atoms with E-state index in [1.54, 1.807) is 12.1 Å². The summed E-state index contributed by atoms with van der Waals surface area (Å²) in [7, 11) is 0. The van der Waals surface area contributed by atoms with Gasteiger partial charge in [-0.2, -0.15) is 0 Å². The summed E-state index contributed by atoms with van der Waals surface area (Å²) < 4.78 is 13.1. The first-order valence-corrected chi connectivity index (χ1v) is 6.13. The molecule has 0 spiro atoms. The normalized spacial score (nSPS) is 11.7. The van der Waals surface area contributed by atoms with Gasteiger partial charge in [0, 0.05) is 12.5 Å². The van der Waals surface area contributed by atoms with Crippen LogP contribution in [0.25, 0.3) is 0 Å². The van der Waals surface area contributed by atoms with E-state index in [1.165, 1.54) is 6.07 Å². The molecule has 92 valence electrons. The maximum Gasteiger partial charge on any atom is 0.123 e. The van der Waals surface area contributed by atoms with Crippen molar-refractivity contribution in [3.8, 4) is 11.8 Å². The van der Waals surface area contributed by atoms with Crippen LogP contribution in [0, 0.1) is 17.7 Å². The number of rotatable bonds is 6. The van der Waals surface area contributed by atoms with Gasteiger partial charge < -0.3 is 5.32 Å². The van der Waals surface area contributed by atoms with Crippen LogP contribution in [0.2, 0.25) is 0 Å². The van der Waals surface area contributed by atoms with Crippen molar-refractivity contribution in [2.45, 2.75) is 39.2 Å². The molecule has 0 aliphatic carbocycles. The zero-order chi connectivity index (χ0) is 12.5. The molecule has 1 N–H and O–H groups in total. The SMILES string of the molecule is CC#CCC(Cc1cccc(F)c1)NCCC. The summed E-state index contributed by atoms with van der Waals surface area (Å²) in [5.41, 5.74) is 1.02. The Hall–Kier alpha value is -1.33. The van der Waals surface area contributed by atoms with Crippen LogP contribution in [0.15, 0.2) is 24.3 Å². The van der Waals surface area contributed by atoms with Crippen LogP contribution in [-0.4, -0.2) is 12.6 Å². The van der Waals surface area contributed by atoms with Crippen LogP contribution in [0.1, 0.15) is 32.3 Å². The predicted octanol–water partition coefficient (Wildman–Crippen LogP) is 3.15. The smallest absolute Gasteiger partial charge is 0.123 e. The van der Waals surface area contributed by atoms with Crippen LogP contribution in [0.3, 0.4) is 0 Å². The van der Waals surface area contributed by atoms with E-state index < -0.39 is 0 Å². The molecule has 1 aromatic rings. The Balaban J connectivity index is 2.59. The van der Waals surface area contributed by atoms with E-state index in [-0.39, 0.29) is 5.82 Å². The Morgan fingerprint density at radius 1 is 1.41 bits per heavy atom. The third-order valence-electron chi connectivity index (χ3n) is 2.58. The van der Waals surface area contributed by atoms with Crippen molar-refractivity contribution in [2.24, 2.45) is 0 Å². The van der Waals surface area contributed by atoms with Crippen LogP contribution < -0.4 is 5.32 Å². The van der Waals surface area contributed by atoms with Crippen LogP contribution in [-0.2, 0) is 6.42 Å². The molecular formula is C15H20FN. The number of halogens is 1. The molecule has 1 aromatic carbocycles. The lowest BCUT2D eigenvalue weighted by Crippen LogP contribution is -2.31. The van der Waals surface area contributed by atoms with E-state index >= 15 is 0 Å². The molecule has 1 nitrogen and oxygen atoms in total. The molecule has 0 aliphatic rings. The van der Waals surface area contributed by atoms with Gasteiger partial charge in [0.1, 0.15) is 5.82 Å². The standard InChI is InChI=1S/C15H20FN/c1-3-5-9-15(17-10-4-2)12-13-7-6-8-14(16)11-13/h6-8,11,15,17H,4,9-10,12H2,1-2H3. The Morgan fingerprint density at radius 3 is 2.88 bits per heavy atom. The summed E-state index contributed by atoms with van der Waals surface area (Å²) >= 11 is 0. The topological polar surface area (TPSA) is 12.0 Å². The average Bonchev–Trinajstić information content (AvgIpc) is 2.32. The van der Waals surface area contributed by atoms with Crippen LogP contribution >= 0.6 is 0 Å². The van der Waals surface area contributed by atoms with Gasteiger partial charge in [-0.15, -0.1) is 11.8 Å². The van der Waals surface area contributed by atoms with Crippen molar-refractivity contribution in [2.75, 3.05) is 6.54 Å². The van der Waals surface area contributed by atoms with Gasteiger partial charge >= 0.3 is 0 Å². The van der Waals surface area contributed by atoms with Gasteiger partial charge in [-0.3, -0.25) is 0 Å². The first-order valence-electron chi connectivity index (χ1n) is 6.13. The molecule has 0 aromatic heterocycles. The van der Waals surface area contributed by atoms with Gasteiger partial charge in [-0.25, -0.2) is 4.39 Å². The third kappa shape index (κ3) is 5.51. The average molecular weight is 233 g/mol. The quantitative estimate of drug-likeness (QED) is 0.744. The van der Waals surface area contributed by atoms with Gasteiger partial charge in [0.15, 0.2) is 0 Å². The van der Waals surface area contributed by atoms with Gasteiger partial charge in [0.05, 0.1) is 0 Å². The van der Waals surface area contributed by atoms with E-state index in [1.807, 2.05) is 13.0 Å². The van der Waals surface area contributed by atoms with Gasteiger partial charge in [-0.05, 0) is 44.0 Å². The van der Waals surface area contributed by atoms with Gasteiger partial charge in [0.25, 0.3) is 0 Å². The Bertz CT molecular complexity index is 389. The molecule has 0 saturated carbocycles. The van der Waals surface area contributed by atoms with E-state index in [4.69, 9.17) is 0 Å². The summed E-state index contributed by atoms with van der Waals surface area (Å²) in [5.74, 6) is 5.83. The molecule has 0 aliphatic heterocycles. The monoisotopic (exact) mass is 233 g/mol. The first-order chi connectivity index (χ1) is 8.26. The molecule has 2 heteroatoms. The maximum atomic E-state index is 13.1. The Morgan fingerprint density at radius 2 is 2.24 bits per heavy atom. The highest BCUT2D eigenvalue weighted by Gasteiger charge is 2.07. The summed E-state index contributed by atoms with van der Waals surface area (Å²) in [6.45, 7) is 4.96. The molecule has 1 rings (SSSR count). The molecule has 1 atom stereocenters. The molecule has 0 saturated heterocycles. The lowest BCUT2D eigenvalue weighted by Gasteiger charge is -2.16. The highest BCUT2D eigenvalue weighted by atomic mass is 19.1. The number of hydrogen-bond donors (Lipinski definition) is 1. The number of nitrogens with one attached hydrogen (secondary N) is 1.